The summed E-state index contributed by atoms with van der Waals surface area (Å²) in [4.78, 5) is 41.2. The van der Waals surface area contributed by atoms with Gasteiger partial charge in [0.25, 0.3) is 0 Å². The first kappa shape index (κ1) is 24.6. The highest BCUT2D eigenvalue weighted by atomic mass is 127. The highest BCUT2D eigenvalue weighted by Gasteiger charge is 2.40. The van der Waals surface area contributed by atoms with Crippen molar-refractivity contribution in [1.29, 1.82) is 0 Å². The van der Waals surface area contributed by atoms with Gasteiger partial charge in [0.2, 0.25) is 0 Å². The SMILES string of the molecule is O=C(OC[C@H]1O[C@H](n2cc(I)cnc2=O)C[C@@H]1OC(=O)c1ccc(Cl)cc1)c1ccc(Cl)cc1. The van der Waals surface area contributed by atoms with E-state index in [1.165, 1.54) is 22.9 Å². The van der Waals surface area contributed by atoms with E-state index < -0.39 is 36.1 Å². The molecule has 0 spiro atoms. The lowest BCUT2D eigenvalue weighted by atomic mass is 10.1. The molecular formula is C23H17Cl2IN2O6. The Balaban J connectivity index is 1.51. The van der Waals surface area contributed by atoms with Crippen molar-refractivity contribution in [3.8, 4) is 0 Å². The van der Waals surface area contributed by atoms with Crippen LogP contribution in [0.25, 0.3) is 0 Å². The molecule has 1 saturated heterocycles. The summed E-state index contributed by atoms with van der Waals surface area (Å²) in [6.07, 6.45) is 0.873. The normalized spacial score (nSPS) is 19.6. The second-order valence-electron chi connectivity index (χ2n) is 7.38. The number of esters is 2. The number of nitrogens with zero attached hydrogens (tertiary/aromatic N) is 2. The Labute approximate surface area is 217 Å². The zero-order valence-electron chi connectivity index (χ0n) is 17.4. The van der Waals surface area contributed by atoms with E-state index in [0.717, 1.165) is 3.57 Å². The highest BCUT2D eigenvalue weighted by molar-refractivity contribution is 14.1. The number of rotatable bonds is 6. The number of benzene rings is 2. The van der Waals surface area contributed by atoms with E-state index in [2.05, 4.69) is 4.98 Å². The summed E-state index contributed by atoms with van der Waals surface area (Å²) in [6, 6.07) is 12.5. The van der Waals surface area contributed by atoms with Gasteiger partial charge in [-0.3, -0.25) is 4.57 Å². The van der Waals surface area contributed by atoms with Crippen molar-refractivity contribution in [3.05, 3.63) is 96.2 Å². The molecule has 4 rings (SSSR count). The maximum atomic E-state index is 12.7. The number of carbonyl (C=O) groups is 2. The van der Waals surface area contributed by atoms with Gasteiger partial charge in [0, 0.05) is 32.4 Å². The van der Waals surface area contributed by atoms with Gasteiger partial charge in [-0.2, -0.15) is 0 Å². The first-order chi connectivity index (χ1) is 16.3. The third-order valence-electron chi connectivity index (χ3n) is 5.07. The summed E-state index contributed by atoms with van der Waals surface area (Å²) in [6.45, 7) is -0.192. The fourth-order valence-electron chi connectivity index (χ4n) is 3.38. The highest BCUT2D eigenvalue weighted by Crippen LogP contribution is 2.31. The molecule has 0 N–H and O–H groups in total. The van der Waals surface area contributed by atoms with Crippen LogP contribution in [0, 0.1) is 3.57 Å². The first-order valence-corrected chi connectivity index (χ1v) is 11.9. The van der Waals surface area contributed by atoms with E-state index in [1.54, 1.807) is 42.6 Å². The van der Waals surface area contributed by atoms with Crippen LogP contribution in [0.15, 0.2) is 65.7 Å². The molecule has 176 valence electrons. The Kier molecular flexibility index (Phi) is 7.87. The topological polar surface area (TPSA) is 96.7 Å². The quantitative estimate of drug-likeness (QED) is 0.297. The summed E-state index contributed by atoms with van der Waals surface area (Å²) in [5, 5.41) is 0.975. The summed E-state index contributed by atoms with van der Waals surface area (Å²) >= 11 is 13.8. The summed E-state index contributed by atoms with van der Waals surface area (Å²) in [5.74, 6) is -1.17. The maximum absolute atomic E-state index is 12.7. The average molecular weight is 615 g/mol. The van der Waals surface area contributed by atoms with Crippen molar-refractivity contribution >= 4 is 57.7 Å². The molecule has 1 aromatic heterocycles. The lowest BCUT2D eigenvalue weighted by molar-refractivity contribution is -0.0582. The Bertz CT molecular complexity index is 1250. The molecule has 1 aliphatic rings. The van der Waals surface area contributed by atoms with E-state index in [9.17, 15) is 14.4 Å². The van der Waals surface area contributed by atoms with Crippen LogP contribution in [0.3, 0.4) is 0 Å². The van der Waals surface area contributed by atoms with Crippen LogP contribution in [-0.2, 0) is 14.2 Å². The molecule has 8 nitrogen and oxygen atoms in total. The van der Waals surface area contributed by atoms with Gasteiger partial charge in [0.15, 0.2) is 0 Å². The zero-order chi connectivity index (χ0) is 24.2. The van der Waals surface area contributed by atoms with Crippen molar-refractivity contribution in [3.63, 3.8) is 0 Å². The van der Waals surface area contributed by atoms with Crippen LogP contribution in [0.2, 0.25) is 10.0 Å². The molecule has 0 bridgehead atoms. The molecule has 0 saturated carbocycles. The molecule has 2 heterocycles. The van der Waals surface area contributed by atoms with Gasteiger partial charge >= 0.3 is 17.6 Å². The van der Waals surface area contributed by atoms with Crippen molar-refractivity contribution in [2.75, 3.05) is 6.61 Å². The van der Waals surface area contributed by atoms with E-state index in [4.69, 9.17) is 37.4 Å². The number of aromatic nitrogens is 2. The Hall–Kier alpha value is -2.47. The van der Waals surface area contributed by atoms with E-state index in [-0.39, 0.29) is 13.0 Å². The molecule has 1 aliphatic heterocycles. The molecule has 11 heteroatoms. The van der Waals surface area contributed by atoms with E-state index >= 15 is 0 Å². The zero-order valence-corrected chi connectivity index (χ0v) is 21.1. The fraction of sp³-hybridized carbons (Fsp3) is 0.217. The second-order valence-corrected chi connectivity index (χ2v) is 9.50. The predicted molar refractivity (Wildman–Crippen MR) is 132 cm³/mol. The number of hydrogen-bond donors (Lipinski definition) is 0. The van der Waals surface area contributed by atoms with Gasteiger partial charge in [0.1, 0.15) is 25.0 Å². The number of ether oxygens (including phenoxy) is 3. The first-order valence-electron chi connectivity index (χ1n) is 10.1. The summed E-state index contributed by atoms with van der Waals surface area (Å²) < 4.78 is 19.1. The van der Waals surface area contributed by atoms with Crippen molar-refractivity contribution in [2.24, 2.45) is 0 Å². The van der Waals surface area contributed by atoms with E-state index in [0.29, 0.717) is 21.2 Å². The van der Waals surface area contributed by atoms with Crippen LogP contribution in [-0.4, -0.2) is 40.3 Å². The van der Waals surface area contributed by atoms with Crippen LogP contribution in [0.4, 0.5) is 0 Å². The standard InChI is InChI=1S/C23H17Cl2IN2O6/c24-15-5-1-13(2-6-15)21(29)32-12-19-18(34-22(30)14-3-7-16(25)8-4-14)9-20(33-19)28-11-17(26)10-27-23(28)31/h1-8,10-11,18-20H,9,12H2/t18-,19+,20-/m0/s1. The third kappa shape index (κ3) is 5.96. The number of halogens is 3. The molecule has 2 aromatic carbocycles. The smallest absolute Gasteiger partial charge is 0.349 e. The van der Waals surface area contributed by atoms with Gasteiger partial charge in [-0.25, -0.2) is 19.4 Å². The van der Waals surface area contributed by atoms with Gasteiger partial charge < -0.3 is 14.2 Å². The predicted octanol–water partition coefficient (Wildman–Crippen LogP) is 4.52. The largest absolute Gasteiger partial charge is 0.459 e. The monoisotopic (exact) mass is 614 g/mol. The lowest BCUT2D eigenvalue weighted by Gasteiger charge is -2.19. The third-order valence-corrected chi connectivity index (χ3v) is 6.13. The fourth-order valence-corrected chi connectivity index (χ4v) is 4.07. The van der Waals surface area contributed by atoms with Gasteiger partial charge in [-0.05, 0) is 71.1 Å². The Morgan fingerprint density at radius 2 is 1.62 bits per heavy atom. The minimum atomic E-state index is -0.803. The molecule has 0 aliphatic carbocycles. The molecule has 0 unspecified atom stereocenters. The van der Waals surface area contributed by atoms with Gasteiger partial charge in [-0.15, -0.1) is 0 Å². The van der Waals surface area contributed by atoms with Crippen molar-refractivity contribution in [2.45, 2.75) is 24.9 Å². The van der Waals surface area contributed by atoms with Gasteiger partial charge in [-0.1, -0.05) is 23.2 Å². The van der Waals surface area contributed by atoms with Crippen LogP contribution < -0.4 is 5.69 Å². The molecule has 3 atom stereocenters. The van der Waals surface area contributed by atoms with E-state index in [1.807, 2.05) is 22.6 Å². The lowest BCUT2D eigenvalue weighted by Crippen LogP contribution is -2.32. The molecule has 34 heavy (non-hydrogen) atoms. The summed E-state index contributed by atoms with van der Waals surface area (Å²) in [5.41, 5.74) is 0.108. The van der Waals surface area contributed by atoms with Crippen LogP contribution >= 0.6 is 45.8 Å². The molecule has 0 radical (unpaired) electrons. The Morgan fingerprint density at radius 3 is 2.24 bits per heavy atom. The Morgan fingerprint density at radius 1 is 1.03 bits per heavy atom. The van der Waals surface area contributed by atoms with Crippen LogP contribution in [0.1, 0.15) is 33.4 Å². The molecular weight excluding hydrogens is 598 g/mol. The van der Waals surface area contributed by atoms with Gasteiger partial charge in [0.05, 0.1) is 11.1 Å². The molecule has 0 amide bonds. The molecule has 1 fully saturated rings. The minimum Gasteiger partial charge on any atom is -0.459 e. The van der Waals surface area contributed by atoms with Crippen molar-refractivity contribution in [1.82, 2.24) is 9.55 Å². The van der Waals surface area contributed by atoms with Crippen LogP contribution in [0.5, 0.6) is 0 Å². The average Bonchev–Trinajstić information content (AvgIpc) is 3.22. The summed E-state index contributed by atoms with van der Waals surface area (Å²) in [7, 11) is 0. The number of hydrogen-bond acceptors (Lipinski definition) is 7. The van der Waals surface area contributed by atoms with Crippen molar-refractivity contribution < 1.29 is 23.8 Å². The number of carbonyl (C=O) groups excluding carboxylic acids is 2. The minimum absolute atomic E-state index is 0.171. The second kappa shape index (κ2) is 10.9. The maximum Gasteiger partial charge on any atom is 0.349 e. The molecule has 3 aromatic rings.